The van der Waals surface area contributed by atoms with Gasteiger partial charge in [-0.15, -0.1) is 0 Å². The average molecular weight is 754 g/mol. The first-order valence-corrected chi connectivity index (χ1v) is 20.2. The summed E-state index contributed by atoms with van der Waals surface area (Å²) in [5, 5.41) is 4.88. The third kappa shape index (κ3) is 5.94. The van der Waals surface area contributed by atoms with Gasteiger partial charge in [0.2, 0.25) is 0 Å². The predicted octanol–water partition coefficient (Wildman–Crippen LogP) is 14.5. The van der Waals surface area contributed by atoms with Gasteiger partial charge in [0.15, 0.2) is 5.82 Å². The molecule has 2 aromatic heterocycles. The minimum absolute atomic E-state index is 0.101. The Balaban J connectivity index is 1.01. The van der Waals surface area contributed by atoms with E-state index in [1.807, 2.05) is 18.3 Å². The van der Waals surface area contributed by atoms with E-state index in [0.717, 1.165) is 50.0 Å². The first kappa shape index (κ1) is 34.7. The Kier molecular flexibility index (Phi) is 8.16. The van der Waals surface area contributed by atoms with Crippen molar-refractivity contribution in [2.45, 2.75) is 19.3 Å². The van der Waals surface area contributed by atoms with Crippen molar-refractivity contribution in [2.75, 3.05) is 0 Å². The van der Waals surface area contributed by atoms with Gasteiger partial charge in [-0.3, -0.25) is 4.98 Å². The van der Waals surface area contributed by atoms with Crippen LogP contribution in [-0.2, 0) is 5.41 Å². The summed E-state index contributed by atoms with van der Waals surface area (Å²) in [6.45, 7) is 4.73. The van der Waals surface area contributed by atoms with Gasteiger partial charge in [-0.1, -0.05) is 166 Å². The van der Waals surface area contributed by atoms with Gasteiger partial charge in [0, 0.05) is 40.1 Å². The van der Waals surface area contributed by atoms with Crippen LogP contribution in [0.2, 0.25) is 0 Å². The van der Waals surface area contributed by atoms with Gasteiger partial charge < -0.3 is 0 Å². The molecule has 10 aromatic rings. The maximum atomic E-state index is 5.29. The fraction of sp³-hybridized carbons (Fsp3) is 0.0536. The van der Waals surface area contributed by atoms with Gasteiger partial charge in [0.1, 0.15) is 0 Å². The number of nitrogens with zero attached hydrogens (tertiary/aromatic N) is 3. The summed E-state index contributed by atoms with van der Waals surface area (Å²) in [7, 11) is 0. The van der Waals surface area contributed by atoms with E-state index < -0.39 is 0 Å². The van der Waals surface area contributed by atoms with Crippen LogP contribution < -0.4 is 0 Å². The first-order chi connectivity index (χ1) is 29.0. The van der Waals surface area contributed by atoms with Crippen LogP contribution in [0.4, 0.5) is 0 Å². The topological polar surface area (TPSA) is 38.7 Å². The van der Waals surface area contributed by atoms with Crippen LogP contribution >= 0.6 is 0 Å². The molecule has 0 saturated heterocycles. The second-order valence-electron chi connectivity index (χ2n) is 16.0. The lowest BCUT2D eigenvalue weighted by molar-refractivity contribution is 0.661. The molecule has 59 heavy (non-hydrogen) atoms. The van der Waals surface area contributed by atoms with Crippen LogP contribution in [0.25, 0.3) is 100.0 Å². The Morgan fingerprint density at radius 1 is 0.373 bits per heavy atom. The van der Waals surface area contributed by atoms with Crippen molar-refractivity contribution in [1.29, 1.82) is 0 Å². The molecule has 0 amide bonds. The van der Waals surface area contributed by atoms with Crippen LogP contribution in [0.1, 0.15) is 25.0 Å². The Hall–Kier alpha value is -7.49. The van der Waals surface area contributed by atoms with E-state index in [-0.39, 0.29) is 5.41 Å². The van der Waals surface area contributed by atoms with Crippen molar-refractivity contribution in [3.8, 4) is 78.4 Å². The standard InChI is InChI=1S/C56H39N3/c1-56(2)50-29-25-36-13-6-7-21-45(36)54(50)49-26-24-40(33-51(49)56)38-16-10-18-41(31-38)44-27-28-48(47-23-9-8-22-46(44)47)55-58-52(37-14-4-3-5-15-37)34-53(59-55)42-19-11-17-39(32-42)43-20-12-30-57-35-43/h3-35H,1-2H3. The van der Waals surface area contributed by atoms with E-state index in [1.165, 1.54) is 55.3 Å². The summed E-state index contributed by atoms with van der Waals surface area (Å²) in [4.78, 5) is 14.9. The van der Waals surface area contributed by atoms with Crippen molar-refractivity contribution < 1.29 is 0 Å². The van der Waals surface area contributed by atoms with E-state index >= 15 is 0 Å². The molecule has 278 valence electrons. The van der Waals surface area contributed by atoms with Crippen LogP contribution in [0.3, 0.4) is 0 Å². The normalized spacial score (nSPS) is 12.7. The molecule has 0 unspecified atom stereocenters. The quantitative estimate of drug-likeness (QED) is 0.170. The zero-order valence-electron chi connectivity index (χ0n) is 32.9. The number of hydrogen-bond acceptors (Lipinski definition) is 3. The van der Waals surface area contributed by atoms with Crippen LogP contribution in [0, 0.1) is 0 Å². The van der Waals surface area contributed by atoms with Gasteiger partial charge >= 0.3 is 0 Å². The molecule has 0 saturated carbocycles. The SMILES string of the molecule is CC1(C)c2cc(-c3cccc(-c4ccc(-c5nc(-c6ccccc6)cc(-c6cccc(-c7cccnc7)c6)n5)c5ccccc45)c3)ccc2-c2c1ccc1ccccc21. The lowest BCUT2D eigenvalue weighted by Gasteiger charge is -2.22. The molecule has 11 rings (SSSR count). The molecule has 0 N–H and O–H groups in total. The Morgan fingerprint density at radius 2 is 0.966 bits per heavy atom. The van der Waals surface area contributed by atoms with Gasteiger partial charge in [0.25, 0.3) is 0 Å². The lowest BCUT2D eigenvalue weighted by atomic mass is 9.81. The van der Waals surface area contributed by atoms with E-state index in [1.54, 1.807) is 6.20 Å². The minimum atomic E-state index is -0.101. The molecule has 0 fully saturated rings. The number of pyridine rings is 1. The zero-order valence-corrected chi connectivity index (χ0v) is 32.9. The molecule has 0 spiro atoms. The van der Waals surface area contributed by atoms with Gasteiger partial charge in [-0.2, -0.15) is 0 Å². The monoisotopic (exact) mass is 753 g/mol. The lowest BCUT2D eigenvalue weighted by Crippen LogP contribution is -2.15. The van der Waals surface area contributed by atoms with Gasteiger partial charge in [-0.05, 0) is 108 Å². The number of benzene rings is 8. The molecule has 0 bridgehead atoms. The Bertz CT molecular complexity index is 3240. The third-order valence-electron chi connectivity index (χ3n) is 12.2. The number of aromatic nitrogens is 3. The van der Waals surface area contributed by atoms with Crippen molar-refractivity contribution in [1.82, 2.24) is 15.0 Å². The molecule has 2 heterocycles. The molecule has 0 aliphatic heterocycles. The van der Waals surface area contributed by atoms with Crippen LogP contribution in [0.15, 0.2) is 200 Å². The second kappa shape index (κ2) is 13.9. The molecular weight excluding hydrogens is 715 g/mol. The Labute approximate surface area is 344 Å². The smallest absolute Gasteiger partial charge is 0.161 e. The van der Waals surface area contributed by atoms with Crippen LogP contribution in [0.5, 0.6) is 0 Å². The van der Waals surface area contributed by atoms with E-state index in [4.69, 9.17) is 9.97 Å². The molecule has 1 aliphatic carbocycles. The highest BCUT2D eigenvalue weighted by atomic mass is 14.9. The first-order valence-electron chi connectivity index (χ1n) is 20.2. The summed E-state index contributed by atoms with van der Waals surface area (Å²) in [5.74, 6) is 0.694. The van der Waals surface area contributed by atoms with E-state index in [0.29, 0.717) is 5.82 Å². The Morgan fingerprint density at radius 3 is 1.76 bits per heavy atom. The second-order valence-corrected chi connectivity index (χ2v) is 16.0. The highest BCUT2D eigenvalue weighted by Crippen LogP contribution is 2.52. The van der Waals surface area contributed by atoms with Crippen LogP contribution in [-0.4, -0.2) is 15.0 Å². The van der Waals surface area contributed by atoms with Crippen molar-refractivity contribution >= 4 is 21.5 Å². The average Bonchev–Trinajstić information content (AvgIpc) is 3.54. The van der Waals surface area contributed by atoms with Gasteiger partial charge in [-0.25, -0.2) is 9.97 Å². The molecule has 1 aliphatic rings. The summed E-state index contributed by atoms with van der Waals surface area (Å²) in [6, 6.07) is 67.6. The summed E-state index contributed by atoms with van der Waals surface area (Å²) < 4.78 is 0. The zero-order chi connectivity index (χ0) is 39.5. The maximum absolute atomic E-state index is 5.29. The largest absolute Gasteiger partial charge is 0.264 e. The van der Waals surface area contributed by atoms with Crippen molar-refractivity contribution in [2.24, 2.45) is 0 Å². The molecule has 0 radical (unpaired) electrons. The van der Waals surface area contributed by atoms with Crippen molar-refractivity contribution in [3.05, 3.63) is 212 Å². The minimum Gasteiger partial charge on any atom is -0.264 e. The molecule has 0 atom stereocenters. The molecule has 8 aromatic carbocycles. The highest BCUT2D eigenvalue weighted by molar-refractivity contribution is 6.05. The van der Waals surface area contributed by atoms with E-state index in [2.05, 4.69) is 195 Å². The highest BCUT2D eigenvalue weighted by Gasteiger charge is 2.36. The number of rotatable bonds is 6. The summed E-state index contributed by atoms with van der Waals surface area (Å²) >= 11 is 0. The fourth-order valence-corrected chi connectivity index (χ4v) is 9.16. The maximum Gasteiger partial charge on any atom is 0.161 e. The molecule has 3 nitrogen and oxygen atoms in total. The number of fused-ring (bicyclic) bond motifs is 6. The van der Waals surface area contributed by atoms with Gasteiger partial charge in [0.05, 0.1) is 11.4 Å². The summed E-state index contributed by atoms with van der Waals surface area (Å²) in [6.07, 6.45) is 3.70. The molecular formula is C56H39N3. The fourth-order valence-electron chi connectivity index (χ4n) is 9.16. The van der Waals surface area contributed by atoms with E-state index in [9.17, 15) is 0 Å². The summed E-state index contributed by atoms with van der Waals surface area (Å²) in [5.41, 5.74) is 17.1. The van der Waals surface area contributed by atoms with Crippen molar-refractivity contribution in [3.63, 3.8) is 0 Å². The number of hydrogen-bond donors (Lipinski definition) is 0. The third-order valence-corrected chi connectivity index (χ3v) is 12.2. The molecule has 3 heteroatoms. The predicted molar refractivity (Wildman–Crippen MR) is 245 cm³/mol.